The summed E-state index contributed by atoms with van der Waals surface area (Å²) in [4.78, 5) is 2.17. The van der Waals surface area contributed by atoms with Crippen LogP contribution >= 0.6 is 15.9 Å². The van der Waals surface area contributed by atoms with Crippen molar-refractivity contribution in [1.29, 1.82) is 0 Å². The lowest BCUT2D eigenvalue weighted by atomic mass is 10.1. The van der Waals surface area contributed by atoms with Crippen LogP contribution in [0.1, 0.15) is 11.1 Å². The van der Waals surface area contributed by atoms with Crippen LogP contribution in [0.3, 0.4) is 0 Å². The molecule has 19 heavy (non-hydrogen) atoms. The van der Waals surface area contributed by atoms with Crippen LogP contribution in [-0.2, 0) is 11.8 Å². The first kappa shape index (κ1) is 14.1. The lowest BCUT2D eigenvalue weighted by Gasteiger charge is -2.22. The van der Waals surface area contributed by atoms with Gasteiger partial charge in [0.15, 0.2) is 0 Å². The number of halogens is 2. The van der Waals surface area contributed by atoms with Gasteiger partial charge in [-0.3, -0.25) is 0 Å². The van der Waals surface area contributed by atoms with Crippen molar-refractivity contribution < 1.29 is 4.39 Å². The third-order valence-corrected chi connectivity index (χ3v) is 3.78. The lowest BCUT2D eigenvalue weighted by Crippen LogP contribution is -2.21. The fraction of sp³-hybridized carbons (Fsp3) is 0.250. The molecule has 0 bridgehead atoms. The monoisotopic (exact) mass is 321 g/mol. The zero-order valence-corrected chi connectivity index (χ0v) is 12.5. The van der Waals surface area contributed by atoms with E-state index in [0.29, 0.717) is 5.33 Å². The van der Waals surface area contributed by atoms with E-state index >= 15 is 0 Å². The van der Waals surface area contributed by atoms with Gasteiger partial charge < -0.3 is 4.90 Å². The Balaban J connectivity index is 2.05. The average Bonchev–Trinajstić information content (AvgIpc) is 2.45. The number of anilines is 1. The van der Waals surface area contributed by atoms with Gasteiger partial charge in [0.1, 0.15) is 5.82 Å². The van der Waals surface area contributed by atoms with Crippen LogP contribution < -0.4 is 4.90 Å². The van der Waals surface area contributed by atoms with Crippen molar-refractivity contribution in [3.05, 3.63) is 65.5 Å². The molecule has 0 atom stereocenters. The number of alkyl halides is 1. The number of hydrogen-bond acceptors (Lipinski definition) is 1. The highest BCUT2D eigenvalue weighted by Crippen LogP contribution is 2.23. The summed E-state index contributed by atoms with van der Waals surface area (Å²) >= 11 is 3.41. The molecule has 0 radical (unpaired) electrons. The molecule has 0 aliphatic heterocycles. The smallest absolute Gasteiger partial charge is 0.123 e. The maximum atomic E-state index is 13.2. The van der Waals surface area contributed by atoms with Crippen molar-refractivity contribution >= 4 is 21.6 Å². The Kier molecular flexibility index (Phi) is 4.97. The molecule has 0 saturated carbocycles. The lowest BCUT2D eigenvalue weighted by molar-refractivity contribution is 0.626. The fourth-order valence-electron chi connectivity index (χ4n) is 2.10. The zero-order valence-electron chi connectivity index (χ0n) is 10.9. The second-order valence-corrected chi connectivity index (χ2v) is 5.12. The first-order valence-electron chi connectivity index (χ1n) is 6.30. The summed E-state index contributed by atoms with van der Waals surface area (Å²) in [5.74, 6) is -0.186. The number of nitrogens with zero attached hydrogens (tertiary/aromatic N) is 1. The van der Waals surface area contributed by atoms with E-state index in [1.165, 1.54) is 11.6 Å². The minimum Gasteiger partial charge on any atom is -0.374 e. The summed E-state index contributed by atoms with van der Waals surface area (Å²) in [5.41, 5.74) is 3.38. The molecule has 0 amide bonds. The molecule has 0 unspecified atom stereocenters. The molecular weight excluding hydrogens is 305 g/mol. The van der Waals surface area contributed by atoms with Crippen molar-refractivity contribution in [3.63, 3.8) is 0 Å². The standard InChI is InChI=1S/C16H17BrFN/c1-19(10-9-13-5-3-2-4-6-13)16-8-7-15(18)11-14(16)12-17/h2-8,11H,9-10,12H2,1H3. The van der Waals surface area contributed by atoms with E-state index in [9.17, 15) is 4.39 Å². The maximum absolute atomic E-state index is 13.2. The van der Waals surface area contributed by atoms with Crippen LogP contribution in [0.2, 0.25) is 0 Å². The molecule has 0 saturated heterocycles. The first-order valence-corrected chi connectivity index (χ1v) is 7.42. The first-order chi connectivity index (χ1) is 9.20. The van der Waals surface area contributed by atoms with Gasteiger partial charge >= 0.3 is 0 Å². The van der Waals surface area contributed by atoms with Crippen LogP contribution in [0.15, 0.2) is 48.5 Å². The molecule has 0 heterocycles. The third-order valence-electron chi connectivity index (χ3n) is 3.18. The van der Waals surface area contributed by atoms with Gasteiger partial charge in [-0.15, -0.1) is 0 Å². The Hall–Kier alpha value is -1.35. The molecule has 0 aromatic heterocycles. The molecule has 0 aliphatic carbocycles. The highest BCUT2D eigenvalue weighted by atomic mass is 79.9. The molecule has 0 N–H and O–H groups in total. The van der Waals surface area contributed by atoms with Crippen LogP contribution in [0.5, 0.6) is 0 Å². The van der Waals surface area contributed by atoms with Crippen molar-refractivity contribution in [2.24, 2.45) is 0 Å². The van der Waals surface area contributed by atoms with Crippen LogP contribution in [0, 0.1) is 5.82 Å². The molecule has 3 heteroatoms. The summed E-state index contributed by atoms with van der Waals surface area (Å²) in [6, 6.07) is 15.3. The predicted octanol–water partition coefficient (Wildman–Crippen LogP) is 4.40. The Bertz CT molecular complexity index is 528. The van der Waals surface area contributed by atoms with Gasteiger partial charge in [-0.1, -0.05) is 46.3 Å². The summed E-state index contributed by atoms with van der Waals surface area (Å²) < 4.78 is 13.2. The minimum atomic E-state index is -0.186. The van der Waals surface area contributed by atoms with Crippen molar-refractivity contribution in [1.82, 2.24) is 0 Å². The second-order valence-electron chi connectivity index (χ2n) is 4.56. The summed E-state index contributed by atoms with van der Waals surface area (Å²) in [7, 11) is 2.04. The quantitative estimate of drug-likeness (QED) is 0.738. The van der Waals surface area contributed by atoms with Gasteiger partial charge in [0.25, 0.3) is 0 Å². The zero-order chi connectivity index (χ0) is 13.7. The average molecular weight is 322 g/mol. The third kappa shape index (κ3) is 3.80. The molecule has 0 fully saturated rings. The van der Waals surface area contributed by atoms with Crippen LogP contribution in [0.25, 0.3) is 0 Å². The van der Waals surface area contributed by atoms with E-state index in [0.717, 1.165) is 24.2 Å². The van der Waals surface area contributed by atoms with Gasteiger partial charge in [-0.05, 0) is 35.7 Å². The summed E-state index contributed by atoms with van der Waals surface area (Å²) in [5, 5.41) is 0.662. The van der Waals surface area contributed by atoms with E-state index in [-0.39, 0.29) is 5.82 Å². The van der Waals surface area contributed by atoms with E-state index in [2.05, 4.69) is 45.1 Å². The molecule has 2 aromatic carbocycles. The van der Waals surface area contributed by atoms with Crippen molar-refractivity contribution in [2.45, 2.75) is 11.8 Å². The van der Waals surface area contributed by atoms with Gasteiger partial charge in [-0.2, -0.15) is 0 Å². The van der Waals surface area contributed by atoms with Crippen LogP contribution in [-0.4, -0.2) is 13.6 Å². The largest absolute Gasteiger partial charge is 0.374 e. The van der Waals surface area contributed by atoms with Crippen molar-refractivity contribution in [3.8, 4) is 0 Å². The molecule has 0 aliphatic rings. The number of rotatable bonds is 5. The predicted molar refractivity (Wildman–Crippen MR) is 82.4 cm³/mol. The Labute approximate surface area is 122 Å². The van der Waals surface area contributed by atoms with Gasteiger partial charge in [0, 0.05) is 24.6 Å². The molecule has 2 aromatic rings. The Morgan fingerprint density at radius 2 is 1.84 bits per heavy atom. The SMILES string of the molecule is CN(CCc1ccccc1)c1ccc(F)cc1CBr. The molecule has 0 spiro atoms. The van der Waals surface area contributed by atoms with Gasteiger partial charge in [0.2, 0.25) is 0 Å². The Morgan fingerprint density at radius 3 is 2.53 bits per heavy atom. The highest BCUT2D eigenvalue weighted by Gasteiger charge is 2.08. The van der Waals surface area contributed by atoms with Crippen LogP contribution in [0.4, 0.5) is 10.1 Å². The highest BCUT2D eigenvalue weighted by molar-refractivity contribution is 9.08. The van der Waals surface area contributed by atoms with E-state index in [1.54, 1.807) is 6.07 Å². The Morgan fingerprint density at radius 1 is 1.11 bits per heavy atom. The molecule has 1 nitrogen and oxygen atoms in total. The topological polar surface area (TPSA) is 3.24 Å². The molecular formula is C16H17BrFN. The van der Waals surface area contributed by atoms with Gasteiger partial charge in [0.05, 0.1) is 0 Å². The molecule has 100 valence electrons. The van der Waals surface area contributed by atoms with E-state index in [1.807, 2.05) is 19.2 Å². The fourth-order valence-corrected chi connectivity index (χ4v) is 2.54. The number of hydrogen-bond donors (Lipinski definition) is 0. The summed E-state index contributed by atoms with van der Waals surface area (Å²) in [6.07, 6.45) is 0.983. The maximum Gasteiger partial charge on any atom is 0.123 e. The van der Waals surface area contributed by atoms with Crippen molar-refractivity contribution in [2.75, 3.05) is 18.5 Å². The van der Waals surface area contributed by atoms with E-state index in [4.69, 9.17) is 0 Å². The van der Waals surface area contributed by atoms with E-state index < -0.39 is 0 Å². The number of benzene rings is 2. The molecule has 2 rings (SSSR count). The summed E-state index contributed by atoms with van der Waals surface area (Å²) in [6.45, 7) is 0.912. The normalized spacial score (nSPS) is 10.5. The van der Waals surface area contributed by atoms with Gasteiger partial charge in [-0.25, -0.2) is 4.39 Å². The minimum absolute atomic E-state index is 0.186. The number of likely N-dealkylation sites (N-methyl/N-ethyl adjacent to an activating group) is 1. The second kappa shape index (κ2) is 6.71.